The smallest absolute Gasteiger partial charge is 0.241 e. The minimum atomic E-state index is -3.56. The second-order valence-corrected chi connectivity index (χ2v) is 8.42. The normalized spacial score (nSPS) is 21.0. The van der Waals surface area contributed by atoms with Crippen LogP contribution in [0.4, 0.5) is 0 Å². The highest BCUT2D eigenvalue weighted by Crippen LogP contribution is 2.32. The van der Waals surface area contributed by atoms with E-state index in [2.05, 4.69) is 17.4 Å². The van der Waals surface area contributed by atoms with Gasteiger partial charge in [0.15, 0.2) is 0 Å². The fraction of sp³-hybridized carbons (Fsp3) is 0.278. The highest BCUT2D eigenvalue weighted by molar-refractivity contribution is 7.89. The van der Waals surface area contributed by atoms with Crippen molar-refractivity contribution < 1.29 is 13.2 Å². The first-order valence-corrected chi connectivity index (χ1v) is 9.79. The third kappa shape index (κ3) is 4.06. The van der Waals surface area contributed by atoms with Gasteiger partial charge in [-0.2, -0.15) is 12.6 Å². The van der Waals surface area contributed by atoms with Gasteiger partial charge in [0, 0.05) is 0 Å². The van der Waals surface area contributed by atoms with Crippen molar-refractivity contribution in [3.63, 3.8) is 0 Å². The molecule has 0 aliphatic heterocycles. The molecule has 24 heavy (non-hydrogen) atoms. The second-order valence-electron chi connectivity index (χ2n) is 6.05. The van der Waals surface area contributed by atoms with Gasteiger partial charge in [-0.25, -0.2) is 13.1 Å². The molecule has 1 aliphatic rings. The first kappa shape index (κ1) is 17.2. The lowest BCUT2D eigenvalue weighted by molar-refractivity contribution is 0.482. The van der Waals surface area contributed by atoms with E-state index in [-0.39, 0.29) is 16.2 Å². The topological polar surface area (TPSA) is 55.4 Å². The SMILES string of the molecule is C[C+]1CC(S)C(NS(=O)(=O)c2ccc(Oc3ccccc3)cc2)C1. The molecule has 0 spiro atoms. The molecule has 0 bridgehead atoms. The summed E-state index contributed by atoms with van der Waals surface area (Å²) in [4.78, 5) is 0.230. The third-order valence-electron chi connectivity index (χ3n) is 4.01. The molecule has 2 unspecified atom stereocenters. The van der Waals surface area contributed by atoms with Crippen molar-refractivity contribution in [2.45, 2.75) is 36.0 Å². The van der Waals surface area contributed by atoms with Crippen LogP contribution in [0.5, 0.6) is 11.5 Å². The summed E-state index contributed by atoms with van der Waals surface area (Å²) >= 11 is 4.48. The van der Waals surface area contributed by atoms with Gasteiger partial charge in [0.05, 0.1) is 29.0 Å². The summed E-state index contributed by atoms with van der Waals surface area (Å²) in [7, 11) is -3.56. The Kier molecular flexibility index (Phi) is 5.08. The molecular formula is C18H20NO3S2+. The quantitative estimate of drug-likeness (QED) is 0.628. The number of sulfonamides is 1. The molecule has 6 heteroatoms. The van der Waals surface area contributed by atoms with Crippen molar-refractivity contribution in [1.82, 2.24) is 4.72 Å². The van der Waals surface area contributed by atoms with Crippen molar-refractivity contribution in [1.29, 1.82) is 0 Å². The van der Waals surface area contributed by atoms with Gasteiger partial charge in [-0.1, -0.05) is 18.2 Å². The van der Waals surface area contributed by atoms with Crippen molar-refractivity contribution in [3.8, 4) is 11.5 Å². The average molecular weight is 362 g/mol. The summed E-state index contributed by atoms with van der Waals surface area (Å²) in [5.41, 5.74) is 0. The van der Waals surface area contributed by atoms with E-state index in [1.54, 1.807) is 24.3 Å². The van der Waals surface area contributed by atoms with Crippen LogP contribution in [0, 0.1) is 5.92 Å². The number of para-hydroxylation sites is 1. The van der Waals surface area contributed by atoms with Crippen LogP contribution >= 0.6 is 12.6 Å². The molecule has 126 valence electrons. The molecule has 1 fully saturated rings. The van der Waals surface area contributed by atoms with Crippen molar-refractivity contribution in [2.24, 2.45) is 0 Å². The standard InChI is InChI=1S/C18H19NO3S2/c1-13-11-17(18(23)12-13)19-24(20,21)16-9-7-15(8-10-16)22-14-5-3-2-4-6-14/h2-10,17-19H,11-12H2,1H3/p+1. The number of hydrogen-bond donors (Lipinski definition) is 2. The molecule has 0 aromatic heterocycles. The molecule has 0 radical (unpaired) electrons. The maximum absolute atomic E-state index is 12.5. The van der Waals surface area contributed by atoms with E-state index >= 15 is 0 Å². The van der Waals surface area contributed by atoms with E-state index in [0.717, 1.165) is 12.8 Å². The Morgan fingerprint density at radius 3 is 2.25 bits per heavy atom. The van der Waals surface area contributed by atoms with Crippen LogP contribution in [0.25, 0.3) is 0 Å². The van der Waals surface area contributed by atoms with Crippen LogP contribution in [0.15, 0.2) is 59.5 Å². The molecule has 2 aromatic rings. The van der Waals surface area contributed by atoms with E-state index in [0.29, 0.717) is 11.5 Å². The molecule has 3 rings (SSSR count). The lowest BCUT2D eigenvalue weighted by Crippen LogP contribution is -2.37. The van der Waals surface area contributed by atoms with Gasteiger partial charge >= 0.3 is 0 Å². The number of benzene rings is 2. The summed E-state index contributed by atoms with van der Waals surface area (Å²) < 4.78 is 33.5. The minimum absolute atomic E-state index is 0.0282. The van der Waals surface area contributed by atoms with Crippen LogP contribution in [0.3, 0.4) is 0 Å². The number of ether oxygens (including phenoxy) is 1. The Labute approximate surface area is 148 Å². The molecule has 0 amide bonds. The van der Waals surface area contributed by atoms with Gasteiger partial charge in [-0.3, -0.25) is 0 Å². The Bertz CT molecular complexity index is 776. The predicted molar refractivity (Wildman–Crippen MR) is 98.0 cm³/mol. The summed E-state index contributed by atoms with van der Waals surface area (Å²) in [5.74, 6) is 2.58. The van der Waals surface area contributed by atoms with Crippen LogP contribution < -0.4 is 9.46 Å². The molecule has 1 saturated carbocycles. The monoisotopic (exact) mass is 362 g/mol. The molecule has 4 nitrogen and oxygen atoms in total. The predicted octanol–water partition coefficient (Wildman–Crippen LogP) is 3.81. The fourth-order valence-corrected chi connectivity index (χ4v) is 4.66. The maximum atomic E-state index is 12.5. The lowest BCUT2D eigenvalue weighted by Gasteiger charge is -2.14. The Morgan fingerprint density at radius 1 is 1.04 bits per heavy atom. The number of hydrogen-bond acceptors (Lipinski definition) is 4. The number of rotatable bonds is 5. The molecule has 0 heterocycles. The van der Waals surface area contributed by atoms with Gasteiger partial charge in [0.1, 0.15) is 24.3 Å². The van der Waals surface area contributed by atoms with E-state index in [1.165, 1.54) is 5.92 Å². The zero-order valence-electron chi connectivity index (χ0n) is 13.3. The summed E-state index contributed by atoms with van der Waals surface area (Å²) in [6, 6.07) is 15.6. The van der Waals surface area contributed by atoms with Gasteiger partial charge < -0.3 is 4.74 Å². The number of nitrogens with one attached hydrogen (secondary N) is 1. The van der Waals surface area contributed by atoms with Crippen molar-refractivity contribution in [3.05, 3.63) is 60.5 Å². The Balaban J connectivity index is 1.70. The van der Waals surface area contributed by atoms with Gasteiger partial charge in [-0.05, 0) is 36.4 Å². The fourth-order valence-electron chi connectivity index (χ4n) is 2.79. The van der Waals surface area contributed by atoms with Crippen LogP contribution in [0.1, 0.15) is 19.8 Å². The molecule has 1 N–H and O–H groups in total. The first-order valence-electron chi connectivity index (χ1n) is 7.79. The molecule has 0 saturated heterocycles. The van der Waals surface area contributed by atoms with E-state index in [9.17, 15) is 8.42 Å². The van der Waals surface area contributed by atoms with Crippen molar-refractivity contribution >= 4 is 22.7 Å². The van der Waals surface area contributed by atoms with Crippen LogP contribution in [-0.4, -0.2) is 19.7 Å². The first-order chi connectivity index (χ1) is 11.4. The maximum Gasteiger partial charge on any atom is 0.241 e. The zero-order chi connectivity index (χ0) is 17.2. The lowest BCUT2D eigenvalue weighted by atomic mass is 10.1. The third-order valence-corrected chi connectivity index (χ3v) is 6.06. The Morgan fingerprint density at radius 2 is 1.67 bits per heavy atom. The molecule has 1 aliphatic carbocycles. The van der Waals surface area contributed by atoms with Gasteiger partial charge in [0.25, 0.3) is 0 Å². The molecular weight excluding hydrogens is 342 g/mol. The largest absolute Gasteiger partial charge is 0.457 e. The van der Waals surface area contributed by atoms with E-state index in [4.69, 9.17) is 4.74 Å². The Hall–Kier alpha value is -1.63. The van der Waals surface area contributed by atoms with Crippen LogP contribution in [-0.2, 0) is 10.0 Å². The second kappa shape index (κ2) is 7.09. The summed E-state index contributed by atoms with van der Waals surface area (Å²) in [6.45, 7) is 2.03. The average Bonchev–Trinajstić information content (AvgIpc) is 2.86. The minimum Gasteiger partial charge on any atom is -0.457 e. The zero-order valence-corrected chi connectivity index (χ0v) is 15.1. The highest BCUT2D eigenvalue weighted by Gasteiger charge is 2.40. The number of thiol groups is 1. The highest BCUT2D eigenvalue weighted by atomic mass is 32.2. The summed E-state index contributed by atoms with van der Waals surface area (Å²) in [5, 5.41) is 0.0282. The van der Waals surface area contributed by atoms with E-state index < -0.39 is 10.0 Å². The molecule has 2 atom stereocenters. The van der Waals surface area contributed by atoms with Crippen LogP contribution in [0.2, 0.25) is 0 Å². The van der Waals surface area contributed by atoms with Gasteiger partial charge in [-0.15, -0.1) is 0 Å². The van der Waals surface area contributed by atoms with E-state index in [1.807, 2.05) is 37.3 Å². The summed E-state index contributed by atoms with van der Waals surface area (Å²) in [6.07, 6.45) is 1.59. The molecule has 2 aromatic carbocycles. The van der Waals surface area contributed by atoms with Gasteiger partial charge in [0.2, 0.25) is 10.0 Å². The van der Waals surface area contributed by atoms with Crippen molar-refractivity contribution in [2.75, 3.05) is 0 Å².